The molecular weight excluding hydrogens is 396 g/mol. The fraction of sp³-hybridized carbons (Fsp3) is 0.348. The van der Waals surface area contributed by atoms with Crippen LogP contribution in [0.4, 0.5) is 11.4 Å². The monoisotopic (exact) mass is 424 g/mol. The van der Waals surface area contributed by atoms with Crippen LogP contribution in [0.15, 0.2) is 48.5 Å². The number of nitrogens with two attached hydrogens (primary N) is 1. The van der Waals surface area contributed by atoms with Crippen molar-refractivity contribution in [3.63, 3.8) is 0 Å². The highest BCUT2D eigenvalue weighted by atomic mass is 16.5. The van der Waals surface area contributed by atoms with Crippen molar-refractivity contribution in [1.29, 1.82) is 0 Å². The van der Waals surface area contributed by atoms with Crippen LogP contribution in [0, 0.1) is 5.92 Å². The lowest BCUT2D eigenvalue weighted by Gasteiger charge is -2.37. The zero-order chi connectivity index (χ0) is 22.4. The first-order chi connectivity index (χ1) is 14.9. The summed E-state index contributed by atoms with van der Waals surface area (Å²) < 4.78 is 5.63. The second kappa shape index (κ2) is 10.1. The minimum absolute atomic E-state index is 0.198. The standard InChI is InChI=1S/C23H28N4O4/c1-15(2)12-20-23(30)26-18-13-16(22(29)25-11-10-24)8-9-19(18)27(20)21(28)14-31-17-6-4-3-5-7-17/h3-9,13,15,20H,10-12,14,24H2,1-2H3,(H,25,29)(H,26,30). The Morgan fingerprint density at radius 3 is 2.61 bits per heavy atom. The van der Waals surface area contributed by atoms with Gasteiger partial charge in [-0.2, -0.15) is 0 Å². The van der Waals surface area contributed by atoms with Gasteiger partial charge in [-0.15, -0.1) is 0 Å². The maximum atomic E-state index is 13.2. The molecule has 0 fully saturated rings. The Balaban J connectivity index is 1.89. The first-order valence-electron chi connectivity index (χ1n) is 10.3. The molecule has 0 spiro atoms. The number of para-hydroxylation sites is 1. The summed E-state index contributed by atoms with van der Waals surface area (Å²) in [5, 5.41) is 5.54. The summed E-state index contributed by atoms with van der Waals surface area (Å²) in [7, 11) is 0. The lowest BCUT2D eigenvalue weighted by molar-refractivity contribution is -0.125. The number of hydrogen-bond acceptors (Lipinski definition) is 5. The maximum Gasteiger partial charge on any atom is 0.265 e. The Hall–Kier alpha value is -3.39. The highest BCUT2D eigenvalue weighted by Crippen LogP contribution is 2.35. The number of ether oxygens (including phenoxy) is 1. The number of rotatable bonds is 8. The van der Waals surface area contributed by atoms with Gasteiger partial charge in [0, 0.05) is 18.7 Å². The molecule has 0 aliphatic carbocycles. The minimum atomic E-state index is -0.656. The molecule has 3 amide bonds. The quantitative estimate of drug-likeness (QED) is 0.601. The van der Waals surface area contributed by atoms with Gasteiger partial charge in [-0.1, -0.05) is 32.0 Å². The van der Waals surface area contributed by atoms with Gasteiger partial charge in [0.1, 0.15) is 11.8 Å². The van der Waals surface area contributed by atoms with Crippen molar-refractivity contribution < 1.29 is 19.1 Å². The van der Waals surface area contributed by atoms with Gasteiger partial charge in [0.2, 0.25) is 5.91 Å². The number of nitrogens with zero attached hydrogens (tertiary/aromatic N) is 1. The van der Waals surface area contributed by atoms with E-state index < -0.39 is 6.04 Å². The first-order valence-corrected chi connectivity index (χ1v) is 10.3. The van der Waals surface area contributed by atoms with Crippen LogP contribution in [0.3, 0.4) is 0 Å². The van der Waals surface area contributed by atoms with Crippen molar-refractivity contribution >= 4 is 29.1 Å². The predicted octanol–water partition coefficient (Wildman–Crippen LogP) is 2.15. The molecule has 1 heterocycles. The van der Waals surface area contributed by atoms with E-state index in [0.717, 1.165) is 0 Å². The van der Waals surface area contributed by atoms with E-state index >= 15 is 0 Å². The molecule has 0 saturated heterocycles. The molecule has 2 aromatic carbocycles. The third-order valence-electron chi connectivity index (χ3n) is 4.89. The molecule has 1 atom stereocenters. The van der Waals surface area contributed by atoms with Crippen LogP contribution >= 0.6 is 0 Å². The summed E-state index contributed by atoms with van der Waals surface area (Å²) >= 11 is 0. The zero-order valence-electron chi connectivity index (χ0n) is 17.8. The molecule has 4 N–H and O–H groups in total. The van der Waals surface area contributed by atoms with E-state index in [4.69, 9.17) is 10.5 Å². The number of carbonyl (C=O) groups excluding carboxylic acids is 3. The van der Waals surface area contributed by atoms with Crippen LogP contribution in [0.25, 0.3) is 0 Å². The van der Waals surface area contributed by atoms with E-state index in [9.17, 15) is 14.4 Å². The van der Waals surface area contributed by atoms with Crippen LogP contribution < -0.4 is 26.0 Å². The van der Waals surface area contributed by atoms with Gasteiger partial charge in [-0.25, -0.2) is 0 Å². The number of carbonyl (C=O) groups is 3. The number of amides is 3. The van der Waals surface area contributed by atoms with E-state index in [1.807, 2.05) is 32.0 Å². The third-order valence-corrected chi connectivity index (χ3v) is 4.89. The van der Waals surface area contributed by atoms with Crippen LogP contribution in [0.5, 0.6) is 5.75 Å². The molecule has 1 unspecified atom stereocenters. The topological polar surface area (TPSA) is 114 Å². The smallest absolute Gasteiger partial charge is 0.265 e. The molecule has 3 rings (SSSR count). The zero-order valence-corrected chi connectivity index (χ0v) is 17.8. The Labute approximate surface area is 181 Å². The summed E-state index contributed by atoms with van der Waals surface area (Å²) in [4.78, 5) is 39.8. The molecule has 8 heteroatoms. The number of anilines is 2. The van der Waals surface area contributed by atoms with Crippen LogP contribution in [-0.2, 0) is 9.59 Å². The van der Waals surface area contributed by atoms with Crippen molar-refractivity contribution in [3.8, 4) is 5.75 Å². The maximum absolute atomic E-state index is 13.2. The van der Waals surface area contributed by atoms with Crippen LogP contribution in [0.1, 0.15) is 30.6 Å². The second-order valence-electron chi connectivity index (χ2n) is 7.78. The van der Waals surface area contributed by atoms with Crippen molar-refractivity contribution in [1.82, 2.24) is 5.32 Å². The van der Waals surface area contributed by atoms with Crippen molar-refractivity contribution in [3.05, 3.63) is 54.1 Å². The summed E-state index contributed by atoms with van der Waals surface area (Å²) in [5.74, 6) is -0.134. The largest absolute Gasteiger partial charge is 0.484 e. The molecule has 164 valence electrons. The van der Waals surface area contributed by atoms with Gasteiger partial charge < -0.3 is 21.1 Å². The fourth-order valence-electron chi connectivity index (χ4n) is 3.47. The predicted molar refractivity (Wildman–Crippen MR) is 119 cm³/mol. The van der Waals surface area contributed by atoms with Crippen molar-refractivity contribution in [2.24, 2.45) is 11.7 Å². The molecule has 2 aromatic rings. The van der Waals surface area contributed by atoms with Crippen molar-refractivity contribution in [2.45, 2.75) is 26.3 Å². The van der Waals surface area contributed by atoms with Crippen LogP contribution in [-0.4, -0.2) is 43.5 Å². The SMILES string of the molecule is CC(C)CC1C(=O)Nc2cc(C(=O)NCCN)ccc2N1C(=O)COc1ccccc1. The Morgan fingerprint density at radius 2 is 1.94 bits per heavy atom. The summed E-state index contributed by atoms with van der Waals surface area (Å²) in [5.41, 5.74) is 6.77. The van der Waals surface area contributed by atoms with Gasteiger partial charge in [0.25, 0.3) is 11.8 Å². The van der Waals surface area contributed by atoms with Crippen molar-refractivity contribution in [2.75, 3.05) is 29.9 Å². The molecule has 1 aliphatic heterocycles. The number of benzene rings is 2. The molecule has 0 aromatic heterocycles. The number of nitrogens with one attached hydrogen (secondary N) is 2. The molecule has 0 saturated carbocycles. The van der Waals surface area contributed by atoms with Crippen LogP contribution in [0.2, 0.25) is 0 Å². The Bertz CT molecular complexity index is 946. The van der Waals surface area contributed by atoms with E-state index in [1.165, 1.54) is 4.90 Å². The molecule has 0 bridgehead atoms. The first kappa shape index (κ1) is 22.3. The molecular formula is C23H28N4O4. The van der Waals surface area contributed by atoms with Gasteiger partial charge in [0.05, 0.1) is 11.4 Å². The fourth-order valence-corrected chi connectivity index (χ4v) is 3.47. The van der Waals surface area contributed by atoms with Gasteiger partial charge in [-0.05, 0) is 42.7 Å². The highest BCUT2D eigenvalue weighted by Gasteiger charge is 2.37. The average molecular weight is 425 g/mol. The molecule has 1 aliphatic rings. The number of hydrogen-bond donors (Lipinski definition) is 3. The molecule has 0 radical (unpaired) electrons. The van der Waals surface area contributed by atoms with E-state index in [1.54, 1.807) is 30.3 Å². The minimum Gasteiger partial charge on any atom is -0.484 e. The van der Waals surface area contributed by atoms with E-state index in [-0.39, 0.29) is 30.2 Å². The molecule has 31 heavy (non-hydrogen) atoms. The number of fused-ring (bicyclic) bond motifs is 1. The van der Waals surface area contributed by atoms with E-state index in [0.29, 0.717) is 42.2 Å². The summed E-state index contributed by atoms with van der Waals surface area (Å²) in [6.45, 7) is 4.46. The average Bonchev–Trinajstić information content (AvgIpc) is 2.76. The Kier molecular flexibility index (Phi) is 7.25. The second-order valence-corrected chi connectivity index (χ2v) is 7.78. The highest BCUT2D eigenvalue weighted by molar-refractivity contribution is 6.13. The third kappa shape index (κ3) is 5.40. The van der Waals surface area contributed by atoms with Gasteiger partial charge in [0.15, 0.2) is 6.61 Å². The summed E-state index contributed by atoms with van der Waals surface area (Å²) in [6, 6.07) is 13.3. The lowest BCUT2D eigenvalue weighted by Crippen LogP contribution is -2.53. The van der Waals surface area contributed by atoms with E-state index in [2.05, 4.69) is 10.6 Å². The van der Waals surface area contributed by atoms with Gasteiger partial charge >= 0.3 is 0 Å². The Morgan fingerprint density at radius 1 is 1.19 bits per heavy atom. The van der Waals surface area contributed by atoms with Gasteiger partial charge in [-0.3, -0.25) is 19.3 Å². The lowest BCUT2D eigenvalue weighted by atomic mass is 9.97. The molecule has 8 nitrogen and oxygen atoms in total. The normalized spacial score (nSPS) is 15.3. The summed E-state index contributed by atoms with van der Waals surface area (Å²) in [6.07, 6.45) is 0.501.